The van der Waals surface area contributed by atoms with Crippen LogP contribution >= 0.6 is 12.2 Å². The zero-order chi connectivity index (χ0) is 24.0. The molecular weight excluding hydrogens is 446 g/mol. The SMILES string of the molecule is COC(=O)CC(NC(=O)CCn1c(=S)[nH]c2ccccc2c1=O)c1ccc(OC)c(OC)c1. The molecule has 0 aliphatic rings. The van der Waals surface area contributed by atoms with Crippen molar-refractivity contribution in [3.05, 3.63) is 63.2 Å². The summed E-state index contributed by atoms with van der Waals surface area (Å²) in [5.74, 6) is 0.152. The van der Waals surface area contributed by atoms with E-state index < -0.39 is 12.0 Å². The molecule has 174 valence electrons. The van der Waals surface area contributed by atoms with Crippen molar-refractivity contribution in [1.29, 1.82) is 0 Å². The minimum absolute atomic E-state index is 0.0132. The molecule has 0 saturated heterocycles. The van der Waals surface area contributed by atoms with Crippen LogP contribution in [0.5, 0.6) is 11.5 Å². The van der Waals surface area contributed by atoms with Gasteiger partial charge in [-0.25, -0.2) is 0 Å². The quantitative estimate of drug-likeness (QED) is 0.365. The Morgan fingerprint density at radius 2 is 1.82 bits per heavy atom. The van der Waals surface area contributed by atoms with E-state index in [1.54, 1.807) is 42.5 Å². The van der Waals surface area contributed by atoms with Crippen LogP contribution in [0.4, 0.5) is 0 Å². The number of rotatable bonds is 9. The Morgan fingerprint density at radius 3 is 2.52 bits per heavy atom. The first-order chi connectivity index (χ1) is 15.9. The highest BCUT2D eigenvalue weighted by Gasteiger charge is 2.21. The summed E-state index contributed by atoms with van der Waals surface area (Å²) in [6.07, 6.45) is -0.0889. The van der Waals surface area contributed by atoms with Gasteiger partial charge < -0.3 is 24.5 Å². The number of amides is 1. The number of H-pyrrole nitrogens is 1. The maximum absolute atomic E-state index is 12.8. The molecule has 1 atom stereocenters. The number of esters is 1. The Hall–Kier alpha value is -3.66. The van der Waals surface area contributed by atoms with Crippen molar-refractivity contribution in [2.24, 2.45) is 0 Å². The molecule has 0 aliphatic carbocycles. The van der Waals surface area contributed by atoms with Crippen LogP contribution in [0.2, 0.25) is 0 Å². The van der Waals surface area contributed by atoms with E-state index in [1.165, 1.54) is 25.9 Å². The molecule has 1 amide bonds. The number of benzene rings is 2. The lowest BCUT2D eigenvalue weighted by molar-refractivity contribution is -0.141. The van der Waals surface area contributed by atoms with Gasteiger partial charge in [-0.2, -0.15) is 0 Å². The summed E-state index contributed by atoms with van der Waals surface area (Å²) in [6.45, 7) is 0.0850. The first-order valence-corrected chi connectivity index (χ1v) is 10.6. The maximum atomic E-state index is 12.8. The number of nitrogens with zero attached hydrogens (tertiary/aromatic N) is 1. The Balaban J connectivity index is 1.79. The number of nitrogens with one attached hydrogen (secondary N) is 2. The molecule has 0 aliphatic heterocycles. The lowest BCUT2D eigenvalue weighted by atomic mass is 10.0. The zero-order valence-corrected chi connectivity index (χ0v) is 19.4. The van der Waals surface area contributed by atoms with E-state index in [0.717, 1.165) is 0 Å². The van der Waals surface area contributed by atoms with Gasteiger partial charge in [0.25, 0.3) is 5.56 Å². The fourth-order valence-corrected chi connectivity index (χ4v) is 3.74. The highest BCUT2D eigenvalue weighted by Crippen LogP contribution is 2.31. The summed E-state index contributed by atoms with van der Waals surface area (Å²) < 4.78 is 16.9. The normalized spacial score (nSPS) is 11.6. The second-order valence-electron chi connectivity index (χ2n) is 7.20. The molecule has 3 rings (SSSR count). The van der Waals surface area contributed by atoms with Crippen LogP contribution in [-0.4, -0.2) is 42.8 Å². The van der Waals surface area contributed by atoms with Crippen LogP contribution in [0.3, 0.4) is 0 Å². The largest absolute Gasteiger partial charge is 0.493 e. The van der Waals surface area contributed by atoms with Gasteiger partial charge in [0.05, 0.1) is 44.7 Å². The maximum Gasteiger partial charge on any atom is 0.307 e. The van der Waals surface area contributed by atoms with Crippen LogP contribution in [0.25, 0.3) is 10.9 Å². The highest BCUT2D eigenvalue weighted by atomic mass is 32.1. The van der Waals surface area contributed by atoms with Gasteiger partial charge in [0, 0.05) is 13.0 Å². The minimum atomic E-state index is -0.660. The third-order valence-corrected chi connectivity index (χ3v) is 5.52. The van der Waals surface area contributed by atoms with E-state index >= 15 is 0 Å². The number of carbonyl (C=O) groups excluding carboxylic acids is 2. The lowest BCUT2D eigenvalue weighted by Crippen LogP contribution is -2.32. The van der Waals surface area contributed by atoms with Gasteiger partial charge >= 0.3 is 5.97 Å². The van der Waals surface area contributed by atoms with E-state index in [4.69, 9.17) is 26.4 Å². The summed E-state index contributed by atoms with van der Waals surface area (Å²) in [6, 6.07) is 11.5. The number of ether oxygens (including phenoxy) is 3. The smallest absolute Gasteiger partial charge is 0.307 e. The number of aromatic nitrogens is 2. The van der Waals surface area contributed by atoms with E-state index in [0.29, 0.717) is 28.0 Å². The van der Waals surface area contributed by atoms with E-state index in [9.17, 15) is 14.4 Å². The van der Waals surface area contributed by atoms with Crippen molar-refractivity contribution in [1.82, 2.24) is 14.9 Å². The molecule has 2 N–H and O–H groups in total. The van der Waals surface area contributed by atoms with Crippen molar-refractivity contribution in [3.63, 3.8) is 0 Å². The average Bonchev–Trinajstić information content (AvgIpc) is 2.82. The monoisotopic (exact) mass is 471 g/mol. The van der Waals surface area contributed by atoms with Crippen molar-refractivity contribution >= 4 is 35.0 Å². The molecule has 0 bridgehead atoms. The van der Waals surface area contributed by atoms with Gasteiger partial charge in [0.15, 0.2) is 16.3 Å². The number of aromatic amines is 1. The lowest BCUT2D eigenvalue weighted by Gasteiger charge is -2.20. The van der Waals surface area contributed by atoms with Gasteiger partial charge in [0.2, 0.25) is 5.91 Å². The third-order valence-electron chi connectivity index (χ3n) is 5.20. The molecule has 3 aromatic rings. The number of hydrogen-bond donors (Lipinski definition) is 2. The topological polar surface area (TPSA) is 112 Å². The molecule has 33 heavy (non-hydrogen) atoms. The fraction of sp³-hybridized carbons (Fsp3) is 0.304. The van der Waals surface area contributed by atoms with Crippen LogP contribution < -0.4 is 20.3 Å². The average molecular weight is 472 g/mol. The summed E-state index contributed by atoms with van der Waals surface area (Å²) in [5, 5.41) is 3.32. The van der Waals surface area contributed by atoms with Gasteiger partial charge in [-0.15, -0.1) is 0 Å². The fourth-order valence-electron chi connectivity index (χ4n) is 3.45. The first kappa shape index (κ1) is 24.0. The van der Waals surface area contributed by atoms with Crippen molar-refractivity contribution in [3.8, 4) is 11.5 Å². The van der Waals surface area contributed by atoms with Crippen LogP contribution in [-0.2, 0) is 20.9 Å². The highest BCUT2D eigenvalue weighted by molar-refractivity contribution is 7.71. The van der Waals surface area contributed by atoms with Crippen molar-refractivity contribution < 1.29 is 23.8 Å². The van der Waals surface area contributed by atoms with Gasteiger partial charge in [-0.3, -0.25) is 19.0 Å². The molecule has 10 heteroatoms. The molecular formula is C23H25N3O6S. The standard InChI is InChI=1S/C23H25N3O6S/c1-30-18-9-8-14(12-19(18)31-2)17(13-21(28)32-3)24-20(27)10-11-26-22(29)15-6-4-5-7-16(15)25-23(26)33/h4-9,12,17H,10-11,13H2,1-3H3,(H,24,27)(H,25,33). The summed E-state index contributed by atoms with van der Waals surface area (Å²) in [4.78, 5) is 40.5. The van der Waals surface area contributed by atoms with Crippen molar-refractivity contribution in [2.75, 3.05) is 21.3 Å². The van der Waals surface area contributed by atoms with Gasteiger partial charge in [-0.05, 0) is 42.0 Å². The summed E-state index contributed by atoms with van der Waals surface area (Å²) in [7, 11) is 4.30. The van der Waals surface area contributed by atoms with Crippen LogP contribution in [0.15, 0.2) is 47.3 Å². The molecule has 9 nitrogen and oxygen atoms in total. The number of fused-ring (bicyclic) bond motifs is 1. The first-order valence-electron chi connectivity index (χ1n) is 10.2. The van der Waals surface area contributed by atoms with E-state index in [1.807, 2.05) is 0 Å². The van der Waals surface area contributed by atoms with E-state index in [-0.39, 0.29) is 35.6 Å². The second-order valence-corrected chi connectivity index (χ2v) is 7.58. The third kappa shape index (κ3) is 5.58. The summed E-state index contributed by atoms with van der Waals surface area (Å²) >= 11 is 5.30. The molecule has 2 aromatic carbocycles. The Kier molecular flexibility index (Phi) is 7.83. The Labute approximate surface area is 195 Å². The Bertz CT molecular complexity index is 1280. The van der Waals surface area contributed by atoms with Gasteiger partial charge in [0.1, 0.15) is 0 Å². The number of carbonyl (C=O) groups is 2. The number of methoxy groups -OCH3 is 3. The summed E-state index contributed by atoms with van der Waals surface area (Å²) in [5.41, 5.74) is 1.01. The molecule has 0 fully saturated rings. The number of hydrogen-bond acceptors (Lipinski definition) is 7. The molecule has 1 heterocycles. The second kappa shape index (κ2) is 10.8. The van der Waals surface area contributed by atoms with Crippen LogP contribution in [0.1, 0.15) is 24.4 Å². The predicted octanol–water partition coefficient (Wildman–Crippen LogP) is 2.89. The molecule has 0 spiro atoms. The minimum Gasteiger partial charge on any atom is -0.493 e. The molecule has 0 saturated carbocycles. The molecule has 0 radical (unpaired) electrons. The van der Waals surface area contributed by atoms with E-state index in [2.05, 4.69) is 10.3 Å². The van der Waals surface area contributed by atoms with Gasteiger partial charge in [-0.1, -0.05) is 18.2 Å². The molecule has 1 aromatic heterocycles. The Morgan fingerprint density at radius 1 is 1.09 bits per heavy atom. The van der Waals surface area contributed by atoms with Crippen LogP contribution in [0, 0.1) is 4.77 Å². The predicted molar refractivity (Wildman–Crippen MR) is 125 cm³/mol. The zero-order valence-electron chi connectivity index (χ0n) is 18.5. The molecule has 1 unspecified atom stereocenters. The number of para-hydroxylation sites is 1. The van der Waals surface area contributed by atoms with Crippen molar-refractivity contribution in [2.45, 2.75) is 25.4 Å².